The molecule has 0 saturated carbocycles. The van der Waals surface area contributed by atoms with E-state index in [0.717, 1.165) is 42.9 Å². The minimum absolute atomic E-state index is 0.0230. The highest BCUT2D eigenvalue weighted by Gasteiger charge is 2.22. The van der Waals surface area contributed by atoms with Gasteiger partial charge in [0.2, 0.25) is 0 Å². The molecule has 4 aromatic rings. The van der Waals surface area contributed by atoms with Gasteiger partial charge in [-0.2, -0.15) is 5.10 Å². The maximum Gasteiger partial charge on any atom is 0.252 e. The van der Waals surface area contributed by atoms with E-state index in [9.17, 15) is 4.79 Å². The normalized spacial score (nSPS) is 16.2. The van der Waals surface area contributed by atoms with Crippen LogP contribution >= 0.6 is 0 Å². The first-order valence-electron chi connectivity index (χ1n) is 12.1. The Hall–Kier alpha value is -3.74. The lowest BCUT2D eigenvalue weighted by molar-refractivity contribution is -0.0292. The molecule has 35 heavy (non-hydrogen) atoms. The summed E-state index contributed by atoms with van der Waals surface area (Å²) in [6.45, 7) is 4.48. The number of aromatic nitrogens is 2. The Bertz CT molecular complexity index is 1220. The highest BCUT2D eigenvalue weighted by molar-refractivity contribution is 6.00. The molecule has 1 atom stereocenters. The van der Waals surface area contributed by atoms with Gasteiger partial charge < -0.3 is 10.1 Å². The fourth-order valence-corrected chi connectivity index (χ4v) is 4.49. The van der Waals surface area contributed by atoms with Crippen molar-refractivity contribution in [3.8, 4) is 11.1 Å². The van der Waals surface area contributed by atoms with Crippen LogP contribution in [0.25, 0.3) is 11.1 Å². The summed E-state index contributed by atoms with van der Waals surface area (Å²) in [7, 11) is 0. The largest absolute Gasteiger partial charge is 0.374 e. The molecular weight excluding hydrogens is 436 g/mol. The van der Waals surface area contributed by atoms with Crippen LogP contribution in [0.5, 0.6) is 0 Å². The van der Waals surface area contributed by atoms with Gasteiger partial charge in [-0.25, -0.2) is 0 Å². The molecule has 0 radical (unpaired) electrons. The van der Waals surface area contributed by atoms with Crippen molar-refractivity contribution in [1.82, 2.24) is 20.0 Å². The quantitative estimate of drug-likeness (QED) is 0.422. The number of morpholine rings is 1. The summed E-state index contributed by atoms with van der Waals surface area (Å²) in [5.74, 6) is -0.0787. The van der Waals surface area contributed by atoms with Gasteiger partial charge in [0.05, 0.1) is 19.3 Å². The molecule has 1 aliphatic rings. The van der Waals surface area contributed by atoms with E-state index in [-0.39, 0.29) is 12.0 Å². The standard InChI is InChI=1S/C29H30N4O2/c34-29(30-19-26-22-32(17-18-35-26)20-23-7-2-1-3-8-23)28-10-5-4-9-27(28)25-13-11-24(12-14-25)21-33-16-6-15-31-33/h1-16,26H,17-22H2,(H,30,34). The maximum absolute atomic E-state index is 13.1. The zero-order valence-electron chi connectivity index (χ0n) is 19.7. The number of ether oxygens (including phenoxy) is 1. The second kappa shape index (κ2) is 11.1. The number of nitrogens with one attached hydrogen (secondary N) is 1. The number of hydrogen-bond donors (Lipinski definition) is 1. The molecule has 1 aromatic heterocycles. The van der Waals surface area contributed by atoms with Gasteiger partial charge in [0.15, 0.2) is 0 Å². The lowest BCUT2D eigenvalue weighted by Crippen LogP contribution is -2.47. The van der Waals surface area contributed by atoms with E-state index in [2.05, 4.69) is 63.8 Å². The molecule has 1 saturated heterocycles. The zero-order valence-corrected chi connectivity index (χ0v) is 19.7. The van der Waals surface area contributed by atoms with E-state index in [0.29, 0.717) is 18.7 Å². The number of carbonyl (C=O) groups is 1. The maximum atomic E-state index is 13.1. The van der Waals surface area contributed by atoms with Crippen LogP contribution < -0.4 is 5.32 Å². The number of benzene rings is 3. The summed E-state index contributed by atoms with van der Waals surface area (Å²) >= 11 is 0. The fraction of sp³-hybridized carbons (Fsp3) is 0.241. The highest BCUT2D eigenvalue weighted by atomic mass is 16.5. The van der Waals surface area contributed by atoms with Crippen LogP contribution in [-0.2, 0) is 17.8 Å². The second-order valence-corrected chi connectivity index (χ2v) is 8.87. The molecule has 5 rings (SSSR count). The molecule has 1 N–H and O–H groups in total. The van der Waals surface area contributed by atoms with Crippen molar-refractivity contribution < 1.29 is 9.53 Å². The highest BCUT2D eigenvalue weighted by Crippen LogP contribution is 2.24. The third-order valence-electron chi connectivity index (χ3n) is 6.30. The fourth-order valence-electron chi connectivity index (χ4n) is 4.49. The van der Waals surface area contributed by atoms with E-state index in [1.54, 1.807) is 6.20 Å². The molecule has 0 bridgehead atoms. The first-order valence-corrected chi connectivity index (χ1v) is 12.1. The SMILES string of the molecule is O=C(NCC1CN(Cc2ccccc2)CCO1)c1ccccc1-c1ccc(Cn2cccn2)cc1. The Kier molecular flexibility index (Phi) is 7.32. The molecule has 1 fully saturated rings. The van der Waals surface area contributed by atoms with Crippen LogP contribution in [0.3, 0.4) is 0 Å². The summed E-state index contributed by atoms with van der Waals surface area (Å²) in [6.07, 6.45) is 3.71. The number of nitrogens with zero attached hydrogens (tertiary/aromatic N) is 3. The van der Waals surface area contributed by atoms with Gasteiger partial charge >= 0.3 is 0 Å². The molecular formula is C29H30N4O2. The summed E-state index contributed by atoms with van der Waals surface area (Å²) < 4.78 is 7.83. The Morgan fingerprint density at radius 3 is 2.49 bits per heavy atom. The molecule has 3 aromatic carbocycles. The minimum atomic E-state index is -0.0787. The average Bonchev–Trinajstić information content (AvgIpc) is 3.42. The number of amides is 1. The third kappa shape index (κ3) is 6.04. The second-order valence-electron chi connectivity index (χ2n) is 8.87. The third-order valence-corrected chi connectivity index (χ3v) is 6.30. The van der Waals surface area contributed by atoms with Gasteiger partial charge in [0.25, 0.3) is 5.91 Å². The van der Waals surface area contributed by atoms with E-state index in [4.69, 9.17) is 4.74 Å². The lowest BCUT2D eigenvalue weighted by atomic mass is 9.98. The van der Waals surface area contributed by atoms with Crippen LogP contribution in [0.4, 0.5) is 0 Å². The van der Waals surface area contributed by atoms with Crippen molar-refractivity contribution in [1.29, 1.82) is 0 Å². The van der Waals surface area contributed by atoms with Gasteiger partial charge in [0.1, 0.15) is 0 Å². The Morgan fingerprint density at radius 2 is 1.69 bits per heavy atom. The van der Waals surface area contributed by atoms with E-state index in [1.807, 2.05) is 47.3 Å². The van der Waals surface area contributed by atoms with E-state index < -0.39 is 0 Å². The van der Waals surface area contributed by atoms with Crippen molar-refractivity contribution in [3.63, 3.8) is 0 Å². The Labute approximate surface area is 206 Å². The summed E-state index contributed by atoms with van der Waals surface area (Å²) in [6, 6.07) is 28.4. The van der Waals surface area contributed by atoms with Crippen LogP contribution in [0, 0.1) is 0 Å². The van der Waals surface area contributed by atoms with Crippen molar-refractivity contribution in [3.05, 3.63) is 114 Å². The van der Waals surface area contributed by atoms with Crippen molar-refractivity contribution >= 4 is 5.91 Å². The van der Waals surface area contributed by atoms with Crippen molar-refractivity contribution in [2.75, 3.05) is 26.2 Å². The summed E-state index contributed by atoms with van der Waals surface area (Å²) in [5.41, 5.74) is 5.06. The predicted octanol–water partition coefficient (Wildman–Crippen LogP) is 4.23. The monoisotopic (exact) mass is 466 g/mol. The van der Waals surface area contributed by atoms with Crippen molar-refractivity contribution in [2.45, 2.75) is 19.2 Å². The van der Waals surface area contributed by atoms with E-state index in [1.165, 1.54) is 5.56 Å². The number of hydrogen-bond acceptors (Lipinski definition) is 4. The number of rotatable bonds is 8. The van der Waals surface area contributed by atoms with Crippen LogP contribution in [0.2, 0.25) is 0 Å². The minimum Gasteiger partial charge on any atom is -0.374 e. The Balaban J connectivity index is 1.20. The van der Waals surface area contributed by atoms with Gasteiger partial charge in [-0.3, -0.25) is 14.4 Å². The van der Waals surface area contributed by atoms with Crippen molar-refractivity contribution in [2.24, 2.45) is 0 Å². The molecule has 1 amide bonds. The number of carbonyl (C=O) groups excluding carboxylic acids is 1. The predicted molar refractivity (Wildman–Crippen MR) is 137 cm³/mol. The van der Waals surface area contributed by atoms with Crippen LogP contribution in [0.1, 0.15) is 21.5 Å². The van der Waals surface area contributed by atoms with Crippen LogP contribution in [-0.4, -0.2) is 52.9 Å². The topological polar surface area (TPSA) is 59.4 Å². The van der Waals surface area contributed by atoms with Gasteiger partial charge in [0, 0.05) is 44.1 Å². The van der Waals surface area contributed by atoms with Crippen LogP contribution in [0.15, 0.2) is 97.3 Å². The smallest absolute Gasteiger partial charge is 0.252 e. The summed E-state index contributed by atoms with van der Waals surface area (Å²) in [4.78, 5) is 15.5. The summed E-state index contributed by atoms with van der Waals surface area (Å²) in [5, 5.41) is 7.37. The molecule has 6 heteroatoms. The van der Waals surface area contributed by atoms with Gasteiger partial charge in [-0.05, 0) is 34.4 Å². The van der Waals surface area contributed by atoms with E-state index >= 15 is 0 Å². The molecule has 1 unspecified atom stereocenters. The molecule has 0 aliphatic carbocycles. The molecule has 2 heterocycles. The first-order chi connectivity index (χ1) is 17.2. The first kappa shape index (κ1) is 23.0. The molecule has 1 aliphatic heterocycles. The molecule has 6 nitrogen and oxygen atoms in total. The Morgan fingerprint density at radius 1 is 0.914 bits per heavy atom. The molecule has 178 valence electrons. The molecule has 0 spiro atoms. The zero-order chi connectivity index (χ0) is 23.9. The van der Waals surface area contributed by atoms with Gasteiger partial charge in [-0.15, -0.1) is 0 Å². The van der Waals surface area contributed by atoms with Gasteiger partial charge in [-0.1, -0.05) is 72.8 Å². The lowest BCUT2D eigenvalue weighted by Gasteiger charge is -2.33. The average molecular weight is 467 g/mol.